The molecule has 0 radical (unpaired) electrons. The number of hydrogen-bond donors (Lipinski definition) is 1. The molecule has 4 rings (SSSR count). The van der Waals surface area contributed by atoms with Crippen LogP contribution >= 0.6 is 23.4 Å². The van der Waals surface area contributed by atoms with Crippen molar-refractivity contribution in [3.63, 3.8) is 0 Å². The Hall–Kier alpha value is -3.02. The van der Waals surface area contributed by atoms with Crippen molar-refractivity contribution in [3.8, 4) is 0 Å². The lowest BCUT2D eigenvalue weighted by Gasteiger charge is -2.15. The van der Waals surface area contributed by atoms with E-state index in [2.05, 4.69) is 5.32 Å². The van der Waals surface area contributed by atoms with Crippen molar-refractivity contribution < 1.29 is 9.59 Å². The predicted octanol–water partition coefficient (Wildman–Crippen LogP) is 5.63. The molecule has 0 aromatic heterocycles. The molecule has 1 heterocycles. The van der Waals surface area contributed by atoms with E-state index in [1.54, 1.807) is 18.2 Å². The van der Waals surface area contributed by atoms with E-state index in [0.29, 0.717) is 15.6 Å². The minimum Gasteiger partial charge on any atom is -0.350 e. The fourth-order valence-electron chi connectivity index (χ4n) is 3.10. The summed E-state index contributed by atoms with van der Waals surface area (Å²) < 4.78 is 0. The number of aryl methyl sites for hydroxylation is 1. The molecule has 2 amide bonds. The van der Waals surface area contributed by atoms with Crippen LogP contribution in [-0.2, 0) is 16.1 Å². The van der Waals surface area contributed by atoms with Crippen LogP contribution in [0.5, 0.6) is 0 Å². The summed E-state index contributed by atoms with van der Waals surface area (Å²) in [6.07, 6.45) is 0. The second kappa shape index (κ2) is 8.78. The molecule has 0 saturated carbocycles. The monoisotopic (exact) mass is 434 g/mol. The first-order valence-corrected chi connectivity index (χ1v) is 10.6. The predicted molar refractivity (Wildman–Crippen MR) is 121 cm³/mol. The van der Waals surface area contributed by atoms with E-state index in [4.69, 9.17) is 11.6 Å². The Morgan fingerprint density at radius 1 is 0.900 bits per heavy atom. The molecule has 1 aliphatic rings. The maximum Gasteiger partial charge on any atom is 0.278 e. The van der Waals surface area contributed by atoms with Crippen molar-refractivity contribution in [3.05, 3.63) is 106 Å². The van der Waals surface area contributed by atoms with Crippen molar-refractivity contribution >= 4 is 40.9 Å². The summed E-state index contributed by atoms with van der Waals surface area (Å²) in [6.45, 7) is 2.23. The lowest BCUT2D eigenvalue weighted by atomic mass is 10.2. The Labute approximate surface area is 184 Å². The molecule has 0 aliphatic carbocycles. The Bertz CT molecular complexity index is 1130. The summed E-state index contributed by atoms with van der Waals surface area (Å²) in [6, 6.07) is 24.4. The number of benzene rings is 3. The van der Waals surface area contributed by atoms with Gasteiger partial charge in [0.05, 0.1) is 6.54 Å². The average Bonchev–Trinajstić information content (AvgIpc) is 2.95. The van der Waals surface area contributed by atoms with Gasteiger partial charge in [-0.25, -0.2) is 0 Å². The number of amides is 2. The highest BCUT2D eigenvalue weighted by Crippen LogP contribution is 2.36. The van der Waals surface area contributed by atoms with Gasteiger partial charge >= 0.3 is 0 Å². The molecule has 30 heavy (non-hydrogen) atoms. The Kier molecular flexibility index (Phi) is 5.93. The summed E-state index contributed by atoms with van der Waals surface area (Å²) in [5.41, 5.74) is 2.94. The summed E-state index contributed by atoms with van der Waals surface area (Å²) in [5, 5.41) is 3.67. The van der Waals surface area contributed by atoms with Crippen LogP contribution in [0, 0.1) is 6.92 Å². The molecule has 6 heteroatoms. The van der Waals surface area contributed by atoms with Gasteiger partial charge in [0.25, 0.3) is 11.8 Å². The Morgan fingerprint density at radius 2 is 1.63 bits per heavy atom. The third-order valence-electron chi connectivity index (χ3n) is 4.64. The highest BCUT2D eigenvalue weighted by Gasteiger charge is 2.39. The number of rotatable bonds is 6. The van der Waals surface area contributed by atoms with Crippen molar-refractivity contribution in [2.24, 2.45) is 0 Å². The minimum atomic E-state index is -0.349. The minimum absolute atomic E-state index is 0.219. The molecule has 1 N–H and O–H groups in total. The zero-order valence-corrected chi connectivity index (χ0v) is 17.8. The maximum atomic E-state index is 13.2. The molecular weight excluding hydrogens is 416 g/mol. The zero-order chi connectivity index (χ0) is 21.1. The van der Waals surface area contributed by atoms with E-state index < -0.39 is 0 Å². The Morgan fingerprint density at radius 3 is 2.33 bits per heavy atom. The highest BCUT2D eigenvalue weighted by molar-refractivity contribution is 8.04. The summed E-state index contributed by atoms with van der Waals surface area (Å²) in [4.78, 5) is 29.0. The number of nitrogens with zero attached hydrogens (tertiary/aromatic N) is 1. The number of nitrogens with one attached hydrogen (secondary N) is 1. The third-order valence-corrected chi connectivity index (χ3v) is 5.97. The third kappa shape index (κ3) is 4.42. The molecule has 0 spiro atoms. The molecular formula is C24H19ClN2O2S. The van der Waals surface area contributed by atoms with E-state index in [-0.39, 0.29) is 24.1 Å². The maximum absolute atomic E-state index is 13.2. The summed E-state index contributed by atoms with van der Waals surface area (Å²) >= 11 is 7.38. The fraction of sp³-hybridized carbons (Fsp3) is 0.0833. The number of thioether (sulfide) groups is 1. The first-order valence-electron chi connectivity index (χ1n) is 9.43. The summed E-state index contributed by atoms with van der Waals surface area (Å²) in [5.74, 6) is -0.655. The largest absolute Gasteiger partial charge is 0.350 e. The van der Waals surface area contributed by atoms with Gasteiger partial charge < -0.3 is 5.32 Å². The van der Waals surface area contributed by atoms with Gasteiger partial charge in [-0.2, -0.15) is 0 Å². The molecule has 150 valence electrons. The topological polar surface area (TPSA) is 49.4 Å². The van der Waals surface area contributed by atoms with Crippen LogP contribution in [0.3, 0.4) is 0 Å². The van der Waals surface area contributed by atoms with E-state index in [1.165, 1.54) is 16.7 Å². The van der Waals surface area contributed by atoms with Crippen LogP contribution in [-0.4, -0.2) is 16.7 Å². The van der Waals surface area contributed by atoms with Crippen LogP contribution in [0.1, 0.15) is 11.1 Å². The van der Waals surface area contributed by atoms with Gasteiger partial charge in [-0.05, 0) is 42.8 Å². The van der Waals surface area contributed by atoms with Gasteiger partial charge in [0, 0.05) is 15.6 Å². The normalized spacial score (nSPS) is 13.9. The molecule has 0 unspecified atom stereocenters. The molecule has 3 aromatic rings. The fourth-order valence-corrected chi connectivity index (χ4v) is 4.24. The van der Waals surface area contributed by atoms with Gasteiger partial charge in [-0.3, -0.25) is 14.5 Å². The standard InChI is InChI=1S/C24H19ClN2O2S/c1-16-10-12-20(13-11-16)30-22-21(26-19-9-5-8-18(25)14-19)23(28)27(24(22)29)15-17-6-3-2-4-7-17/h2-14,26H,15H2,1H3. The van der Waals surface area contributed by atoms with Crippen molar-refractivity contribution in [1.82, 2.24) is 4.90 Å². The number of carbonyl (C=O) groups is 2. The molecule has 4 nitrogen and oxygen atoms in total. The van der Waals surface area contributed by atoms with Crippen LogP contribution in [0.2, 0.25) is 5.02 Å². The summed E-state index contributed by atoms with van der Waals surface area (Å²) in [7, 11) is 0. The molecule has 0 saturated heterocycles. The lowest BCUT2D eigenvalue weighted by Crippen LogP contribution is -2.31. The molecule has 0 atom stereocenters. The SMILES string of the molecule is Cc1ccc(SC2=C(Nc3cccc(Cl)c3)C(=O)N(Cc3ccccc3)C2=O)cc1. The van der Waals surface area contributed by atoms with Gasteiger partial charge in [-0.15, -0.1) is 0 Å². The number of hydrogen-bond acceptors (Lipinski definition) is 4. The Balaban J connectivity index is 1.68. The van der Waals surface area contributed by atoms with Crippen LogP contribution < -0.4 is 5.32 Å². The number of carbonyl (C=O) groups excluding carboxylic acids is 2. The second-order valence-corrected chi connectivity index (χ2v) is 8.46. The van der Waals surface area contributed by atoms with Crippen LogP contribution in [0.4, 0.5) is 5.69 Å². The van der Waals surface area contributed by atoms with E-state index in [1.807, 2.05) is 67.6 Å². The first-order chi connectivity index (χ1) is 14.5. The molecule has 3 aromatic carbocycles. The van der Waals surface area contributed by atoms with Crippen LogP contribution in [0.15, 0.2) is 94.4 Å². The number of halogens is 1. The highest BCUT2D eigenvalue weighted by atomic mass is 35.5. The number of imide groups is 1. The zero-order valence-electron chi connectivity index (χ0n) is 16.3. The smallest absolute Gasteiger partial charge is 0.278 e. The van der Waals surface area contributed by atoms with Gasteiger partial charge in [0.1, 0.15) is 10.6 Å². The number of anilines is 1. The van der Waals surface area contributed by atoms with Crippen molar-refractivity contribution in [1.29, 1.82) is 0 Å². The van der Waals surface area contributed by atoms with E-state index in [0.717, 1.165) is 16.0 Å². The van der Waals surface area contributed by atoms with Gasteiger partial charge in [0.2, 0.25) is 0 Å². The lowest BCUT2D eigenvalue weighted by molar-refractivity contribution is -0.137. The molecule has 0 fully saturated rings. The van der Waals surface area contributed by atoms with E-state index in [9.17, 15) is 9.59 Å². The van der Waals surface area contributed by atoms with Crippen molar-refractivity contribution in [2.75, 3.05) is 5.32 Å². The first kappa shape index (κ1) is 20.3. The van der Waals surface area contributed by atoms with E-state index >= 15 is 0 Å². The molecule has 0 bridgehead atoms. The average molecular weight is 435 g/mol. The van der Waals surface area contributed by atoms with Gasteiger partial charge in [0.15, 0.2) is 0 Å². The van der Waals surface area contributed by atoms with Gasteiger partial charge in [-0.1, -0.05) is 77.5 Å². The second-order valence-electron chi connectivity index (χ2n) is 6.94. The van der Waals surface area contributed by atoms with Crippen molar-refractivity contribution in [2.45, 2.75) is 18.4 Å². The molecule has 1 aliphatic heterocycles. The van der Waals surface area contributed by atoms with Crippen LogP contribution in [0.25, 0.3) is 0 Å². The quantitative estimate of drug-likeness (QED) is 0.510.